The average Bonchev–Trinajstić information content (AvgIpc) is 2.96. The minimum atomic E-state index is 0.0561. The zero-order valence-corrected chi connectivity index (χ0v) is 16.7. The Bertz CT molecular complexity index is 371. The first-order valence-corrected chi connectivity index (χ1v) is 9.46. The number of hydrogen-bond donors (Lipinski definition) is 3. The maximum Gasteiger partial charge on any atom is 0.217 e. The summed E-state index contributed by atoms with van der Waals surface area (Å²) in [7, 11) is 2.07. The van der Waals surface area contributed by atoms with Gasteiger partial charge in [0.2, 0.25) is 11.8 Å². The van der Waals surface area contributed by atoms with E-state index in [1.165, 1.54) is 0 Å². The molecule has 0 radical (unpaired) electrons. The number of carbonyl (C=O) groups excluding carboxylic acids is 2. The van der Waals surface area contributed by atoms with Crippen LogP contribution in [-0.2, 0) is 9.59 Å². The molecule has 0 aromatic heterocycles. The number of rotatable bonds is 4. The summed E-state index contributed by atoms with van der Waals surface area (Å²) in [4.78, 5) is 25.8. The standard InChI is InChI=1S/C9H18N2O2.C7H14N2O.C2H6/c1-8(13)10-9-2-4-11(5-3-9)6-7-12;1-6(10)8-7-3-4-9(2)5-7;1-2/h9,12H,2-7H2,1H3,(H,10,13);7H,3-5H2,1-2H3,(H,8,10);1-2H3. The number of nitrogens with one attached hydrogen (secondary N) is 2. The highest BCUT2D eigenvalue weighted by Crippen LogP contribution is 2.09. The molecule has 2 heterocycles. The van der Waals surface area contributed by atoms with Gasteiger partial charge in [0.25, 0.3) is 0 Å². The first-order chi connectivity index (χ1) is 11.9. The van der Waals surface area contributed by atoms with Crippen LogP contribution in [0.2, 0.25) is 0 Å². The molecule has 2 amide bonds. The number of hydrogen-bond acceptors (Lipinski definition) is 5. The lowest BCUT2D eigenvalue weighted by atomic mass is 10.1. The molecular formula is C18H38N4O3. The molecule has 7 nitrogen and oxygen atoms in total. The lowest BCUT2D eigenvalue weighted by Crippen LogP contribution is -2.44. The monoisotopic (exact) mass is 358 g/mol. The van der Waals surface area contributed by atoms with Crippen molar-refractivity contribution in [2.75, 3.05) is 46.4 Å². The van der Waals surface area contributed by atoms with Crippen LogP contribution in [-0.4, -0.2) is 85.2 Å². The highest BCUT2D eigenvalue weighted by molar-refractivity contribution is 5.73. The molecule has 1 unspecified atom stereocenters. The Morgan fingerprint density at radius 1 is 0.960 bits per heavy atom. The number of piperidine rings is 1. The van der Waals surface area contributed by atoms with Crippen molar-refractivity contribution in [3.8, 4) is 0 Å². The normalized spacial score (nSPS) is 21.4. The Kier molecular flexibility index (Phi) is 13.4. The largest absolute Gasteiger partial charge is 0.395 e. The molecule has 0 spiro atoms. The van der Waals surface area contributed by atoms with Crippen molar-refractivity contribution in [1.29, 1.82) is 0 Å². The van der Waals surface area contributed by atoms with Gasteiger partial charge in [-0.15, -0.1) is 0 Å². The van der Waals surface area contributed by atoms with Crippen LogP contribution in [0.5, 0.6) is 0 Å². The van der Waals surface area contributed by atoms with Gasteiger partial charge in [-0.25, -0.2) is 0 Å². The molecule has 2 aliphatic rings. The number of likely N-dealkylation sites (tertiary alicyclic amines) is 2. The predicted octanol–water partition coefficient (Wildman–Crippen LogP) is 0.432. The number of carbonyl (C=O) groups is 2. The molecule has 0 saturated carbocycles. The van der Waals surface area contributed by atoms with Crippen LogP contribution >= 0.6 is 0 Å². The highest BCUT2D eigenvalue weighted by atomic mass is 16.3. The molecule has 3 N–H and O–H groups in total. The number of nitrogens with zero attached hydrogens (tertiary/aromatic N) is 2. The second-order valence-electron chi connectivity index (χ2n) is 6.49. The minimum Gasteiger partial charge on any atom is -0.395 e. The van der Waals surface area contributed by atoms with Gasteiger partial charge < -0.3 is 25.5 Å². The van der Waals surface area contributed by atoms with Gasteiger partial charge in [-0.3, -0.25) is 9.59 Å². The molecule has 0 aliphatic carbocycles. The Labute approximate surface area is 153 Å². The number of aliphatic hydroxyl groups is 1. The van der Waals surface area contributed by atoms with Crippen molar-refractivity contribution in [1.82, 2.24) is 20.4 Å². The SMILES string of the molecule is CC.CC(=O)NC1CCN(C)C1.CC(=O)NC1CCN(CCO)CC1. The molecular weight excluding hydrogens is 320 g/mol. The Balaban J connectivity index is 0.000000430. The zero-order valence-electron chi connectivity index (χ0n) is 16.7. The molecule has 25 heavy (non-hydrogen) atoms. The maximum absolute atomic E-state index is 10.8. The van der Waals surface area contributed by atoms with Gasteiger partial charge in [0.05, 0.1) is 6.61 Å². The van der Waals surface area contributed by atoms with E-state index in [1.807, 2.05) is 13.8 Å². The molecule has 0 aromatic rings. The van der Waals surface area contributed by atoms with Gasteiger partial charge in [-0.2, -0.15) is 0 Å². The van der Waals surface area contributed by atoms with Crippen molar-refractivity contribution < 1.29 is 14.7 Å². The third-order valence-corrected chi connectivity index (χ3v) is 4.21. The van der Waals surface area contributed by atoms with Gasteiger partial charge in [0.15, 0.2) is 0 Å². The van der Waals surface area contributed by atoms with E-state index in [9.17, 15) is 9.59 Å². The number of aliphatic hydroxyl groups excluding tert-OH is 1. The number of β-amino-alcohol motifs (C(OH)–C–C–N with tert-alkyl or cyclic N) is 1. The van der Waals surface area contributed by atoms with E-state index in [1.54, 1.807) is 13.8 Å². The first-order valence-electron chi connectivity index (χ1n) is 9.46. The van der Waals surface area contributed by atoms with Gasteiger partial charge >= 0.3 is 0 Å². The molecule has 0 bridgehead atoms. The molecule has 2 saturated heterocycles. The zero-order chi connectivity index (χ0) is 19.2. The van der Waals surface area contributed by atoms with E-state index in [0.717, 1.165) is 52.0 Å². The summed E-state index contributed by atoms with van der Waals surface area (Å²) in [6, 6.07) is 0.731. The summed E-state index contributed by atoms with van der Waals surface area (Å²) in [5.74, 6) is 0.140. The molecule has 2 rings (SSSR count). The van der Waals surface area contributed by atoms with Crippen molar-refractivity contribution in [2.45, 2.75) is 59.0 Å². The molecule has 7 heteroatoms. The Hall–Kier alpha value is -1.18. The Morgan fingerprint density at radius 2 is 1.44 bits per heavy atom. The van der Waals surface area contributed by atoms with Gasteiger partial charge in [-0.1, -0.05) is 13.8 Å². The third-order valence-electron chi connectivity index (χ3n) is 4.21. The van der Waals surface area contributed by atoms with E-state index < -0.39 is 0 Å². The molecule has 2 fully saturated rings. The van der Waals surface area contributed by atoms with Crippen molar-refractivity contribution in [3.63, 3.8) is 0 Å². The van der Waals surface area contributed by atoms with Crippen LogP contribution in [0, 0.1) is 0 Å². The quantitative estimate of drug-likeness (QED) is 0.679. The van der Waals surface area contributed by atoms with Gasteiger partial charge in [-0.05, 0) is 32.9 Å². The topological polar surface area (TPSA) is 84.9 Å². The van der Waals surface area contributed by atoms with Crippen LogP contribution < -0.4 is 10.6 Å². The maximum atomic E-state index is 10.8. The lowest BCUT2D eigenvalue weighted by molar-refractivity contribution is -0.120. The summed E-state index contributed by atoms with van der Waals surface area (Å²) in [5.41, 5.74) is 0. The highest BCUT2D eigenvalue weighted by Gasteiger charge is 2.19. The summed E-state index contributed by atoms with van der Waals surface area (Å²) in [6.45, 7) is 12.2. The molecule has 148 valence electrons. The predicted molar refractivity (Wildman–Crippen MR) is 101 cm³/mol. The van der Waals surface area contributed by atoms with Crippen LogP contribution in [0.1, 0.15) is 47.0 Å². The Morgan fingerprint density at radius 3 is 1.84 bits per heavy atom. The fourth-order valence-corrected chi connectivity index (χ4v) is 3.07. The number of likely N-dealkylation sites (N-methyl/N-ethyl adjacent to an activating group) is 1. The fraction of sp³-hybridized carbons (Fsp3) is 0.889. The second kappa shape index (κ2) is 14.0. The minimum absolute atomic E-state index is 0.0561. The van der Waals surface area contributed by atoms with Crippen molar-refractivity contribution >= 4 is 11.8 Å². The van der Waals surface area contributed by atoms with E-state index in [0.29, 0.717) is 12.1 Å². The summed E-state index contributed by atoms with van der Waals surface area (Å²) in [5, 5.41) is 14.5. The first kappa shape index (κ1) is 23.8. The van der Waals surface area contributed by atoms with E-state index in [4.69, 9.17) is 5.11 Å². The van der Waals surface area contributed by atoms with Gasteiger partial charge in [0, 0.05) is 52.1 Å². The number of amides is 2. The van der Waals surface area contributed by atoms with E-state index in [-0.39, 0.29) is 18.4 Å². The smallest absolute Gasteiger partial charge is 0.217 e. The molecule has 1 atom stereocenters. The lowest BCUT2D eigenvalue weighted by Gasteiger charge is -2.31. The van der Waals surface area contributed by atoms with Crippen molar-refractivity contribution in [2.24, 2.45) is 0 Å². The van der Waals surface area contributed by atoms with Crippen LogP contribution in [0.4, 0.5) is 0 Å². The van der Waals surface area contributed by atoms with Crippen LogP contribution in [0.3, 0.4) is 0 Å². The average molecular weight is 359 g/mol. The molecule has 0 aromatic carbocycles. The van der Waals surface area contributed by atoms with Gasteiger partial charge in [0.1, 0.15) is 0 Å². The second-order valence-corrected chi connectivity index (χ2v) is 6.49. The third kappa shape index (κ3) is 11.9. The van der Waals surface area contributed by atoms with E-state index in [2.05, 4.69) is 27.5 Å². The van der Waals surface area contributed by atoms with Crippen molar-refractivity contribution in [3.05, 3.63) is 0 Å². The summed E-state index contributed by atoms with van der Waals surface area (Å²) >= 11 is 0. The summed E-state index contributed by atoms with van der Waals surface area (Å²) < 4.78 is 0. The fourth-order valence-electron chi connectivity index (χ4n) is 3.07. The summed E-state index contributed by atoms with van der Waals surface area (Å²) in [6.07, 6.45) is 3.09. The molecule has 2 aliphatic heterocycles. The van der Waals surface area contributed by atoms with Crippen LogP contribution in [0.25, 0.3) is 0 Å². The van der Waals surface area contributed by atoms with Crippen LogP contribution in [0.15, 0.2) is 0 Å². The van der Waals surface area contributed by atoms with E-state index >= 15 is 0 Å².